The number of fused-ring (bicyclic) bond motifs is 7. The highest BCUT2D eigenvalue weighted by Crippen LogP contribution is 2.37. The molecule has 14 rings (SSSR count). The van der Waals surface area contributed by atoms with E-state index in [2.05, 4.69) is 190 Å². The Labute approximate surface area is 590 Å². The molecule has 0 saturated carbocycles. The van der Waals surface area contributed by atoms with E-state index < -0.39 is 0 Å². The molecule has 99 heavy (non-hydrogen) atoms. The predicted octanol–water partition coefficient (Wildman–Crippen LogP) is 12.1. The summed E-state index contributed by atoms with van der Waals surface area (Å²) in [6.45, 7) is 52.0. The van der Waals surface area contributed by atoms with Crippen LogP contribution in [0.2, 0.25) is 0 Å². The van der Waals surface area contributed by atoms with Crippen LogP contribution in [-0.4, -0.2) is 179 Å². The van der Waals surface area contributed by atoms with Crippen molar-refractivity contribution < 1.29 is 37.9 Å². The van der Waals surface area contributed by atoms with Gasteiger partial charge in [-0.15, -0.1) is 0 Å². The topological polar surface area (TPSA) is 226 Å². The molecule has 7 aliphatic rings. The van der Waals surface area contributed by atoms with Crippen LogP contribution < -0.4 is 43.8 Å². The first-order chi connectivity index (χ1) is 47.1. The molecular weight excluding hydrogens is 1250 g/mol. The summed E-state index contributed by atoms with van der Waals surface area (Å²) >= 11 is 0. The second kappa shape index (κ2) is 35.5. The van der Waals surface area contributed by atoms with Gasteiger partial charge in [-0.3, -0.25) is 0 Å². The number of aryl methyl sites for hydroxylation is 2. The van der Waals surface area contributed by atoms with Crippen molar-refractivity contribution in [2.24, 2.45) is 5.41 Å². The SMILES string of the molecule is CC(C)(C)c1cnn2c1OCCCC2.CC(C)c1cnn2c1OCC(C)(C)C2.CC(C)c1cnn2c1OCC(N(C)C)C2.CC(C)c1cnn2c1OCCC2.CCCNC1COc2c(C(C)C)cnn2C1.CNC1COc2c(C(C)C)cnn2C1.COC1COc2c(C(C)C)cnn2C1. The molecule has 0 spiro atoms. The van der Waals surface area contributed by atoms with Gasteiger partial charge in [-0.25, -0.2) is 32.8 Å². The molecule has 0 bridgehead atoms. The zero-order chi connectivity index (χ0) is 71.9. The average molecular weight is 1380 g/mol. The molecule has 0 amide bonds. The lowest BCUT2D eigenvalue weighted by Crippen LogP contribution is -2.42. The van der Waals surface area contributed by atoms with E-state index in [-0.39, 0.29) is 16.9 Å². The zero-order valence-electron chi connectivity index (χ0n) is 64.2. The Morgan fingerprint density at radius 3 is 1.36 bits per heavy atom. The Balaban J connectivity index is 0.000000147. The van der Waals surface area contributed by atoms with Gasteiger partial charge in [-0.1, -0.05) is 125 Å². The molecule has 7 aliphatic heterocycles. The molecule has 0 fully saturated rings. The Morgan fingerprint density at radius 1 is 0.485 bits per heavy atom. The number of ether oxygens (including phenoxy) is 8. The molecule has 552 valence electrons. The van der Waals surface area contributed by atoms with Crippen LogP contribution in [0.1, 0.15) is 225 Å². The molecule has 25 nitrogen and oxygen atoms in total. The number of likely N-dealkylation sites (N-methyl/N-ethyl adjacent to an activating group) is 2. The van der Waals surface area contributed by atoms with Crippen LogP contribution in [0.25, 0.3) is 0 Å². The van der Waals surface area contributed by atoms with Crippen LogP contribution >= 0.6 is 0 Å². The van der Waals surface area contributed by atoms with Crippen molar-refractivity contribution in [3.8, 4) is 41.2 Å². The van der Waals surface area contributed by atoms with Crippen molar-refractivity contribution in [1.29, 1.82) is 0 Å². The second-order valence-electron chi connectivity index (χ2n) is 30.9. The fourth-order valence-electron chi connectivity index (χ4n) is 12.1. The van der Waals surface area contributed by atoms with E-state index in [1.165, 1.54) is 38.9 Å². The lowest BCUT2D eigenvalue weighted by molar-refractivity contribution is 0.0174. The summed E-state index contributed by atoms with van der Waals surface area (Å²) in [5.41, 5.74) is 8.82. The third-order valence-electron chi connectivity index (χ3n) is 18.5. The second-order valence-corrected chi connectivity index (χ2v) is 30.9. The van der Waals surface area contributed by atoms with E-state index in [1.807, 2.05) is 83.2 Å². The number of nitrogens with one attached hydrogen (secondary N) is 2. The van der Waals surface area contributed by atoms with Crippen LogP contribution in [-0.2, 0) is 56.0 Å². The van der Waals surface area contributed by atoms with Gasteiger partial charge in [0.05, 0.1) is 114 Å². The van der Waals surface area contributed by atoms with Gasteiger partial charge >= 0.3 is 0 Å². The minimum Gasteiger partial charge on any atom is -0.478 e. The van der Waals surface area contributed by atoms with Crippen LogP contribution in [0, 0.1) is 5.41 Å². The van der Waals surface area contributed by atoms with Crippen molar-refractivity contribution in [3.05, 3.63) is 82.3 Å². The van der Waals surface area contributed by atoms with Gasteiger partial charge in [0, 0.05) is 71.0 Å². The molecule has 2 N–H and O–H groups in total. The minimum absolute atomic E-state index is 0.123. The number of methoxy groups -OCH3 is 1. The number of rotatable bonds is 12. The normalized spacial score (nSPS) is 19.2. The highest BCUT2D eigenvalue weighted by Gasteiger charge is 2.32. The standard InChI is InChI=1S/C12H21N3O.C11H19N3O.2C11H18N2O.C10H17N3O.C10H16N2O2.C9H14N2O/c1-4-5-13-10-7-15-12(16-8-10)11(6-14-15)9(2)3;1-8(2)10-5-12-14-6-9(13(3)4)7-15-11(10)14;1-8(2)9-5-12-13-6-11(3,4)7-14-10(9)13;1-11(2,3)9-8-12-13-6-4-5-7-14-10(9)13;1-7(2)9-4-12-13-5-8(11-3)6-14-10(9)13;1-7(2)9-4-11-12-5-8(13-3)6-14-10(9)12;1-7(2)8-6-10-11-4-3-5-12-9(8)11/h6,9-10,13H,4-5,7-8H2,1-3H3;5,8-9H,6-7H2,1-4H3;5,8H,6-7H2,1-4H3;8H,4-7H2,1-3H3;4,7-8,11H,5-6H2,1-3H3;4,7-8H,5-6H2,1-3H3;6-7H,3-5H2,1-2H3. The van der Waals surface area contributed by atoms with Crippen molar-refractivity contribution in [2.75, 3.05) is 81.0 Å². The molecule has 4 unspecified atom stereocenters. The highest BCUT2D eigenvalue weighted by atomic mass is 16.5. The fourth-order valence-corrected chi connectivity index (χ4v) is 12.1. The average Bonchev–Trinajstić information content (AvgIpc) is 1.69. The third kappa shape index (κ3) is 20.4. The van der Waals surface area contributed by atoms with Gasteiger partial charge in [0.1, 0.15) is 32.5 Å². The number of hydrogen-bond donors (Lipinski definition) is 2. The maximum atomic E-state index is 5.80. The first kappa shape index (κ1) is 77.6. The van der Waals surface area contributed by atoms with Crippen molar-refractivity contribution in [1.82, 2.24) is 84.0 Å². The monoisotopic (exact) mass is 1380 g/mol. The maximum Gasteiger partial charge on any atom is 0.215 e. The van der Waals surface area contributed by atoms with Gasteiger partial charge < -0.3 is 53.4 Å². The van der Waals surface area contributed by atoms with Gasteiger partial charge in [-0.2, -0.15) is 35.7 Å². The third-order valence-corrected chi connectivity index (χ3v) is 18.5. The first-order valence-electron chi connectivity index (χ1n) is 36.5. The summed E-state index contributed by atoms with van der Waals surface area (Å²) in [7, 11) is 7.80. The largest absolute Gasteiger partial charge is 0.478 e. The molecule has 7 aromatic heterocycles. The maximum absolute atomic E-state index is 5.80. The summed E-state index contributed by atoms with van der Waals surface area (Å²) in [5, 5.41) is 37.1. The molecule has 4 atom stereocenters. The Morgan fingerprint density at radius 2 is 0.879 bits per heavy atom. The van der Waals surface area contributed by atoms with Crippen molar-refractivity contribution >= 4 is 0 Å². The van der Waals surface area contributed by atoms with Gasteiger partial charge in [0.25, 0.3) is 0 Å². The molecule has 14 heterocycles. The van der Waals surface area contributed by atoms with Gasteiger partial charge in [0.15, 0.2) is 0 Å². The number of nitrogens with zero attached hydrogens (tertiary/aromatic N) is 15. The Bertz CT molecular complexity index is 3490. The summed E-state index contributed by atoms with van der Waals surface area (Å²) < 4.78 is 58.9. The summed E-state index contributed by atoms with van der Waals surface area (Å²) in [6, 6.07) is 1.20. The molecule has 25 heteroatoms. The minimum atomic E-state index is 0.123. The number of aromatic nitrogens is 14. The lowest BCUT2D eigenvalue weighted by Gasteiger charge is -2.30. The summed E-state index contributed by atoms with van der Waals surface area (Å²) in [5.74, 6) is 9.60. The quantitative estimate of drug-likeness (QED) is 0.116. The molecule has 0 radical (unpaired) electrons. The van der Waals surface area contributed by atoms with Crippen LogP contribution in [0.4, 0.5) is 0 Å². The number of hydrogen-bond acceptors (Lipinski definition) is 18. The molecule has 7 aromatic rings. The zero-order valence-corrected chi connectivity index (χ0v) is 64.2. The van der Waals surface area contributed by atoms with Gasteiger partial charge in [-0.05, 0) is 87.9 Å². The molecule has 0 aliphatic carbocycles. The van der Waals surface area contributed by atoms with E-state index in [0.29, 0.717) is 60.2 Å². The highest BCUT2D eigenvalue weighted by molar-refractivity contribution is 5.34. The first-order valence-corrected chi connectivity index (χ1v) is 36.5. The fraction of sp³-hybridized carbons (Fsp3) is 0.716. The summed E-state index contributed by atoms with van der Waals surface area (Å²) in [6.07, 6.45) is 18.1. The van der Waals surface area contributed by atoms with Crippen molar-refractivity contribution in [2.45, 2.75) is 261 Å². The van der Waals surface area contributed by atoms with E-state index in [0.717, 1.165) is 159 Å². The molecular formula is C74H123N17O8. The van der Waals surface area contributed by atoms with Crippen LogP contribution in [0.5, 0.6) is 41.2 Å². The summed E-state index contributed by atoms with van der Waals surface area (Å²) in [4.78, 5) is 2.18. The van der Waals surface area contributed by atoms with Crippen LogP contribution in [0.3, 0.4) is 0 Å². The Hall–Kier alpha value is -7.09. The van der Waals surface area contributed by atoms with Crippen LogP contribution in [0.15, 0.2) is 43.4 Å². The Kier molecular flexibility index (Phi) is 27.8. The van der Waals surface area contributed by atoms with E-state index in [4.69, 9.17) is 37.9 Å². The molecule has 0 aromatic carbocycles. The van der Waals surface area contributed by atoms with E-state index in [1.54, 1.807) is 7.11 Å². The smallest absolute Gasteiger partial charge is 0.215 e. The molecule has 0 saturated heterocycles. The predicted molar refractivity (Wildman–Crippen MR) is 388 cm³/mol. The van der Waals surface area contributed by atoms with Gasteiger partial charge in [0.2, 0.25) is 41.2 Å². The van der Waals surface area contributed by atoms with E-state index in [9.17, 15) is 0 Å². The van der Waals surface area contributed by atoms with E-state index >= 15 is 0 Å². The lowest BCUT2D eigenvalue weighted by atomic mass is 9.89. The van der Waals surface area contributed by atoms with Crippen molar-refractivity contribution in [3.63, 3.8) is 0 Å².